The average Bonchev–Trinajstić information content (AvgIpc) is 3.12. The van der Waals surface area contributed by atoms with Gasteiger partial charge in [0, 0.05) is 54.0 Å². The van der Waals surface area contributed by atoms with E-state index in [0.717, 1.165) is 22.5 Å². The third kappa shape index (κ3) is 3.91. The highest BCUT2D eigenvalue weighted by atomic mass is 35.5. The molecule has 0 saturated carbocycles. The number of halogens is 1. The Morgan fingerprint density at radius 2 is 1.83 bits per heavy atom. The molecule has 7 nitrogen and oxygen atoms in total. The van der Waals surface area contributed by atoms with Crippen molar-refractivity contribution in [2.24, 2.45) is 0 Å². The first-order valence-corrected chi connectivity index (χ1v) is 10.9. The molecule has 0 aliphatic carbocycles. The molecule has 1 aliphatic heterocycles. The van der Waals surface area contributed by atoms with E-state index in [4.69, 9.17) is 11.6 Å². The fraction of sp³-hybridized carbons (Fsp3) is 0.200. The van der Waals surface area contributed by atoms with E-state index in [9.17, 15) is 13.2 Å². The van der Waals surface area contributed by atoms with Crippen LogP contribution in [-0.4, -0.2) is 35.4 Å². The van der Waals surface area contributed by atoms with Gasteiger partial charge in [0.05, 0.1) is 10.6 Å². The van der Waals surface area contributed by atoms with Crippen LogP contribution in [0.2, 0.25) is 5.02 Å². The predicted molar refractivity (Wildman–Crippen MR) is 111 cm³/mol. The molecule has 1 aliphatic rings. The molecule has 0 bridgehead atoms. The zero-order chi connectivity index (χ0) is 20.6. The van der Waals surface area contributed by atoms with E-state index in [0.29, 0.717) is 23.7 Å². The first-order chi connectivity index (χ1) is 13.8. The second-order valence-electron chi connectivity index (χ2n) is 6.83. The van der Waals surface area contributed by atoms with Crippen LogP contribution in [0.3, 0.4) is 0 Å². The smallest absolute Gasteiger partial charge is 0.243 e. The number of rotatable bonds is 4. The number of nitrogens with one attached hydrogen (secondary N) is 2. The Hall–Kier alpha value is -2.68. The summed E-state index contributed by atoms with van der Waals surface area (Å²) in [6, 6.07) is 13.5. The predicted octanol–water partition coefficient (Wildman–Crippen LogP) is 3.44. The van der Waals surface area contributed by atoms with Crippen LogP contribution in [0.4, 0.5) is 5.69 Å². The van der Waals surface area contributed by atoms with Crippen molar-refractivity contribution in [1.29, 1.82) is 0 Å². The highest BCUT2D eigenvalue weighted by molar-refractivity contribution is 7.89. The Bertz CT molecular complexity index is 1160. The number of amides is 1. The normalized spacial score (nSPS) is 14.4. The van der Waals surface area contributed by atoms with Gasteiger partial charge in [-0.25, -0.2) is 8.42 Å². The molecule has 0 unspecified atom stereocenters. The van der Waals surface area contributed by atoms with Crippen molar-refractivity contribution in [1.82, 2.24) is 14.5 Å². The quantitative estimate of drug-likeness (QED) is 0.662. The van der Waals surface area contributed by atoms with Crippen LogP contribution in [0.5, 0.6) is 0 Å². The summed E-state index contributed by atoms with van der Waals surface area (Å²) >= 11 is 5.97. The molecule has 0 spiro atoms. The van der Waals surface area contributed by atoms with Crippen LogP contribution in [0.1, 0.15) is 18.2 Å². The molecular weight excluding hydrogens is 412 g/mol. The first kappa shape index (κ1) is 19.6. The van der Waals surface area contributed by atoms with Crippen molar-refractivity contribution >= 4 is 33.2 Å². The van der Waals surface area contributed by atoms with Crippen LogP contribution in [0.15, 0.2) is 53.4 Å². The molecular formula is C20H19ClN4O3S. The average molecular weight is 431 g/mol. The van der Waals surface area contributed by atoms with E-state index in [1.54, 1.807) is 24.3 Å². The van der Waals surface area contributed by atoms with Crippen molar-refractivity contribution in [3.05, 3.63) is 64.8 Å². The lowest BCUT2D eigenvalue weighted by Gasteiger charge is -2.26. The third-order valence-corrected chi connectivity index (χ3v) is 6.94. The van der Waals surface area contributed by atoms with Crippen molar-refractivity contribution < 1.29 is 13.2 Å². The fourth-order valence-electron chi connectivity index (χ4n) is 3.38. The summed E-state index contributed by atoms with van der Waals surface area (Å²) in [5, 5.41) is 10.7. The second kappa shape index (κ2) is 7.62. The molecule has 0 fully saturated rings. The summed E-state index contributed by atoms with van der Waals surface area (Å²) in [4.78, 5) is 11.3. The summed E-state index contributed by atoms with van der Waals surface area (Å²) < 4.78 is 27.7. The number of aromatic amines is 1. The monoisotopic (exact) mass is 430 g/mol. The van der Waals surface area contributed by atoms with Gasteiger partial charge in [-0.2, -0.15) is 9.40 Å². The minimum Gasteiger partial charge on any atom is -0.326 e. The number of hydrogen-bond donors (Lipinski definition) is 2. The minimum atomic E-state index is -3.68. The molecule has 29 heavy (non-hydrogen) atoms. The Balaban J connectivity index is 1.61. The van der Waals surface area contributed by atoms with Crippen molar-refractivity contribution in [2.45, 2.75) is 24.8 Å². The highest BCUT2D eigenvalue weighted by Gasteiger charge is 2.31. The van der Waals surface area contributed by atoms with Crippen LogP contribution in [-0.2, 0) is 27.8 Å². The number of H-pyrrole nitrogens is 1. The molecule has 0 saturated heterocycles. The van der Waals surface area contributed by atoms with E-state index < -0.39 is 10.0 Å². The molecule has 4 rings (SSSR count). The topological polar surface area (TPSA) is 95.2 Å². The fourth-order valence-corrected chi connectivity index (χ4v) is 4.92. The van der Waals surface area contributed by atoms with Gasteiger partial charge < -0.3 is 5.32 Å². The van der Waals surface area contributed by atoms with Crippen LogP contribution in [0, 0.1) is 0 Å². The summed E-state index contributed by atoms with van der Waals surface area (Å²) in [6.45, 7) is 2.00. The number of benzene rings is 2. The molecule has 0 radical (unpaired) electrons. The summed E-state index contributed by atoms with van der Waals surface area (Å²) in [5.74, 6) is -0.209. The number of hydrogen-bond acceptors (Lipinski definition) is 4. The number of fused-ring (bicyclic) bond motifs is 1. The number of aromatic nitrogens is 2. The zero-order valence-electron chi connectivity index (χ0n) is 15.6. The van der Waals surface area contributed by atoms with Gasteiger partial charge in [-0.1, -0.05) is 23.7 Å². The van der Waals surface area contributed by atoms with Gasteiger partial charge in [-0.15, -0.1) is 0 Å². The van der Waals surface area contributed by atoms with Gasteiger partial charge in [0.2, 0.25) is 15.9 Å². The van der Waals surface area contributed by atoms with Crippen LogP contribution in [0.25, 0.3) is 11.3 Å². The maximum Gasteiger partial charge on any atom is 0.243 e. The van der Waals surface area contributed by atoms with Gasteiger partial charge in [-0.05, 0) is 36.4 Å². The van der Waals surface area contributed by atoms with Crippen LogP contribution >= 0.6 is 11.6 Å². The van der Waals surface area contributed by atoms with E-state index in [1.807, 2.05) is 12.1 Å². The van der Waals surface area contributed by atoms with Crippen LogP contribution < -0.4 is 5.32 Å². The Kier molecular flexibility index (Phi) is 5.16. The van der Waals surface area contributed by atoms with Gasteiger partial charge in [0.15, 0.2) is 0 Å². The lowest BCUT2D eigenvalue weighted by atomic mass is 10.0. The number of carbonyl (C=O) groups is 1. The summed E-state index contributed by atoms with van der Waals surface area (Å²) in [6.07, 6.45) is 0.555. The lowest BCUT2D eigenvalue weighted by molar-refractivity contribution is -0.114. The van der Waals surface area contributed by atoms with E-state index >= 15 is 0 Å². The van der Waals surface area contributed by atoms with Crippen molar-refractivity contribution in [3.63, 3.8) is 0 Å². The minimum absolute atomic E-state index is 0.187. The Morgan fingerprint density at radius 3 is 2.48 bits per heavy atom. The summed E-state index contributed by atoms with van der Waals surface area (Å²) in [5.41, 5.74) is 3.99. The molecule has 9 heteroatoms. The molecule has 0 atom stereocenters. The first-order valence-electron chi connectivity index (χ1n) is 9.04. The Morgan fingerprint density at radius 1 is 1.14 bits per heavy atom. The molecule has 1 amide bonds. The molecule has 2 heterocycles. The van der Waals surface area contributed by atoms with Crippen molar-refractivity contribution in [2.75, 3.05) is 11.9 Å². The molecule has 2 aromatic carbocycles. The zero-order valence-corrected chi connectivity index (χ0v) is 17.2. The highest BCUT2D eigenvalue weighted by Crippen LogP contribution is 2.31. The van der Waals surface area contributed by atoms with E-state index in [-0.39, 0.29) is 17.3 Å². The van der Waals surface area contributed by atoms with Gasteiger partial charge >= 0.3 is 0 Å². The Labute approximate surface area is 173 Å². The third-order valence-electron chi connectivity index (χ3n) is 4.83. The molecule has 3 aromatic rings. The van der Waals surface area contributed by atoms with E-state index in [1.165, 1.54) is 23.4 Å². The molecule has 2 N–H and O–H groups in total. The number of sulfonamides is 1. The van der Waals surface area contributed by atoms with Gasteiger partial charge in [-0.3, -0.25) is 9.89 Å². The largest absolute Gasteiger partial charge is 0.326 e. The number of anilines is 1. The maximum absolute atomic E-state index is 13.1. The maximum atomic E-state index is 13.1. The standard InChI is InChI=1S/C20H19ClN4O3S/c1-13(26)22-16-6-8-17(9-7-16)29(27,28)25-11-10-19-18(12-25)20(24-23-19)14-2-4-15(21)5-3-14/h2-9H,10-12H2,1H3,(H,22,26)(H,23,24). The van der Waals surface area contributed by atoms with Gasteiger partial charge in [0.1, 0.15) is 0 Å². The summed E-state index contributed by atoms with van der Waals surface area (Å²) in [7, 11) is -3.68. The van der Waals surface area contributed by atoms with E-state index in [2.05, 4.69) is 15.5 Å². The SMILES string of the molecule is CC(=O)Nc1ccc(S(=O)(=O)N2CCc3[nH]nc(-c4ccc(Cl)cc4)c3C2)cc1. The number of nitrogens with zero attached hydrogens (tertiary/aromatic N) is 2. The second-order valence-corrected chi connectivity index (χ2v) is 9.20. The molecule has 1 aromatic heterocycles. The molecule has 150 valence electrons. The number of carbonyl (C=O) groups excluding carboxylic acids is 1. The lowest BCUT2D eigenvalue weighted by Crippen LogP contribution is -2.35. The van der Waals surface area contributed by atoms with Crippen molar-refractivity contribution in [3.8, 4) is 11.3 Å². The van der Waals surface area contributed by atoms with Gasteiger partial charge in [0.25, 0.3) is 0 Å².